The molecule has 0 aliphatic carbocycles. The highest BCUT2D eigenvalue weighted by atomic mass is 16.2. The number of rotatable bonds is 5. The number of anilines is 1. The van der Waals surface area contributed by atoms with E-state index in [1.165, 1.54) is 0 Å². The summed E-state index contributed by atoms with van der Waals surface area (Å²) in [6, 6.07) is 9.06. The van der Waals surface area contributed by atoms with Gasteiger partial charge in [-0.3, -0.25) is 14.5 Å². The number of amides is 2. The van der Waals surface area contributed by atoms with E-state index in [9.17, 15) is 9.59 Å². The van der Waals surface area contributed by atoms with Gasteiger partial charge in [-0.2, -0.15) is 5.10 Å². The second kappa shape index (κ2) is 8.56. The van der Waals surface area contributed by atoms with Crippen molar-refractivity contribution < 1.29 is 9.59 Å². The number of carbonyl (C=O) groups is 2. The summed E-state index contributed by atoms with van der Waals surface area (Å²) >= 11 is 0. The molecule has 28 heavy (non-hydrogen) atoms. The first-order valence-corrected chi connectivity index (χ1v) is 10.1. The molecule has 0 spiro atoms. The molecule has 148 valence electrons. The molecule has 7 nitrogen and oxygen atoms in total. The fourth-order valence-corrected chi connectivity index (χ4v) is 4.07. The Morgan fingerprint density at radius 2 is 1.79 bits per heavy atom. The van der Waals surface area contributed by atoms with Crippen molar-refractivity contribution in [3.8, 4) is 5.69 Å². The summed E-state index contributed by atoms with van der Waals surface area (Å²) in [5, 5.41) is 7.19. The number of hydrogen-bond donors (Lipinski definition) is 1. The third-order valence-corrected chi connectivity index (χ3v) is 5.59. The Hall–Kier alpha value is -2.67. The summed E-state index contributed by atoms with van der Waals surface area (Å²) in [6.45, 7) is 3.07. The molecule has 2 saturated heterocycles. The maximum atomic E-state index is 12.9. The summed E-state index contributed by atoms with van der Waals surface area (Å²) in [5.41, 5.74) is 1.67. The van der Waals surface area contributed by atoms with E-state index in [-0.39, 0.29) is 17.9 Å². The number of piperidine rings is 1. The van der Waals surface area contributed by atoms with Gasteiger partial charge < -0.3 is 10.2 Å². The van der Waals surface area contributed by atoms with Crippen LogP contribution in [0, 0.1) is 0 Å². The molecule has 0 radical (unpaired) electrons. The lowest BCUT2D eigenvalue weighted by Crippen LogP contribution is -2.52. The average molecular weight is 381 g/mol. The molecular weight excluding hydrogens is 354 g/mol. The SMILES string of the molecule is O=C(Nc1ccc(-n2cccn2)cc1)C1CCCCN1C(=O)CN1CCCC1. The first-order valence-electron chi connectivity index (χ1n) is 10.1. The van der Waals surface area contributed by atoms with Crippen LogP contribution in [0.15, 0.2) is 42.7 Å². The maximum Gasteiger partial charge on any atom is 0.247 e. The van der Waals surface area contributed by atoms with E-state index in [0.29, 0.717) is 13.1 Å². The van der Waals surface area contributed by atoms with Crippen LogP contribution in [0.5, 0.6) is 0 Å². The van der Waals surface area contributed by atoms with Crippen LogP contribution in [-0.4, -0.2) is 63.6 Å². The average Bonchev–Trinajstić information content (AvgIpc) is 3.43. The molecule has 1 aromatic heterocycles. The molecule has 1 N–H and O–H groups in total. The summed E-state index contributed by atoms with van der Waals surface area (Å²) in [4.78, 5) is 29.7. The van der Waals surface area contributed by atoms with Crippen LogP contribution in [0.2, 0.25) is 0 Å². The van der Waals surface area contributed by atoms with Gasteiger partial charge >= 0.3 is 0 Å². The van der Waals surface area contributed by atoms with Crippen LogP contribution in [0.25, 0.3) is 5.69 Å². The van der Waals surface area contributed by atoms with E-state index >= 15 is 0 Å². The molecular formula is C21H27N5O2. The Morgan fingerprint density at radius 3 is 2.50 bits per heavy atom. The largest absolute Gasteiger partial charge is 0.330 e. The van der Waals surface area contributed by atoms with Crippen molar-refractivity contribution in [2.75, 3.05) is 31.5 Å². The van der Waals surface area contributed by atoms with E-state index < -0.39 is 0 Å². The molecule has 1 atom stereocenters. The predicted molar refractivity (Wildman–Crippen MR) is 107 cm³/mol. The third kappa shape index (κ3) is 4.25. The highest BCUT2D eigenvalue weighted by Gasteiger charge is 2.33. The van der Waals surface area contributed by atoms with Crippen molar-refractivity contribution in [2.24, 2.45) is 0 Å². The Kier molecular flexibility index (Phi) is 5.71. The van der Waals surface area contributed by atoms with Gasteiger partial charge in [-0.1, -0.05) is 0 Å². The van der Waals surface area contributed by atoms with E-state index in [1.807, 2.05) is 36.5 Å². The van der Waals surface area contributed by atoms with Crippen molar-refractivity contribution in [3.05, 3.63) is 42.7 Å². The Morgan fingerprint density at radius 1 is 1.04 bits per heavy atom. The van der Waals surface area contributed by atoms with Crippen molar-refractivity contribution in [1.82, 2.24) is 19.6 Å². The summed E-state index contributed by atoms with van der Waals surface area (Å²) < 4.78 is 1.77. The minimum atomic E-state index is -0.380. The molecule has 2 aliphatic heterocycles. The monoisotopic (exact) mass is 381 g/mol. The van der Waals surface area contributed by atoms with Gasteiger partial charge in [-0.15, -0.1) is 0 Å². The molecule has 2 fully saturated rings. The first kappa shape index (κ1) is 18.7. The fraction of sp³-hybridized carbons (Fsp3) is 0.476. The van der Waals surface area contributed by atoms with Gasteiger partial charge in [0.25, 0.3) is 0 Å². The van der Waals surface area contributed by atoms with E-state index in [0.717, 1.165) is 56.6 Å². The molecule has 2 aromatic rings. The number of nitrogens with zero attached hydrogens (tertiary/aromatic N) is 4. The van der Waals surface area contributed by atoms with Gasteiger partial charge in [-0.25, -0.2) is 4.68 Å². The van der Waals surface area contributed by atoms with Crippen molar-refractivity contribution in [1.29, 1.82) is 0 Å². The first-order chi connectivity index (χ1) is 13.7. The smallest absolute Gasteiger partial charge is 0.247 e. The molecule has 0 bridgehead atoms. The molecule has 1 aromatic carbocycles. The Balaban J connectivity index is 1.39. The van der Waals surface area contributed by atoms with Crippen LogP contribution in [0.3, 0.4) is 0 Å². The van der Waals surface area contributed by atoms with Gasteiger partial charge in [0.1, 0.15) is 6.04 Å². The van der Waals surface area contributed by atoms with Gasteiger partial charge in [0.15, 0.2) is 0 Å². The number of carbonyl (C=O) groups excluding carboxylic acids is 2. The van der Waals surface area contributed by atoms with E-state index in [1.54, 1.807) is 15.8 Å². The van der Waals surface area contributed by atoms with Crippen molar-refractivity contribution in [3.63, 3.8) is 0 Å². The molecule has 2 aliphatic rings. The van der Waals surface area contributed by atoms with Crippen molar-refractivity contribution >= 4 is 17.5 Å². The van der Waals surface area contributed by atoms with Crippen LogP contribution in [0.4, 0.5) is 5.69 Å². The third-order valence-electron chi connectivity index (χ3n) is 5.59. The molecule has 4 rings (SSSR count). The van der Waals surface area contributed by atoms with Crippen LogP contribution in [0.1, 0.15) is 32.1 Å². The number of aromatic nitrogens is 2. The number of likely N-dealkylation sites (tertiary alicyclic amines) is 2. The quantitative estimate of drug-likeness (QED) is 0.863. The van der Waals surface area contributed by atoms with Crippen LogP contribution < -0.4 is 5.32 Å². The van der Waals surface area contributed by atoms with Gasteiger partial charge in [0.05, 0.1) is 12.2 Å². The van der Waals surface area contributed by atoms with Crippen molar-refractivity contribution in [2.45, 2.75) is 38.1 Å². The second-order valence-electron chi connectivity index (χ2n) is 7.57. The molecule has 2 amide bonds. The lowest BCUT2D eigenvalue weighted by molar-refractivity contribution is -0.141. The minimum Gasteiger partial charge on any atom is -0.330 e. The molecule has 0 saturated carbocycles. The summed E-state index contributed by atoms with van der Waals surface area (Å²) in [5.74, 6) is -0.0166. The lowest BCUT2D eigenvalue weighted by Gasteiger charge is -2.35. The van der Waals surface area contributed by atoms with Gasteiger partial charge in [0.2, 0.25) is 11.8 Å². The highest BCUT2D eigenvalue weighted by Crippen LogP contribution is 2.21. The predicted octanol–water partition coefficient (Wildman–Crippen LogP) is 2.29. The second-order valence-corrected chi connectivity index (χ2v) is 7.57. The number of hydrogen-bond acceptors (Lipinski definition) is 4. The van der Waals surface area contributed by atoms with Gasteiger partial charge in [-0.05, 0) is 75.5 Å². The normalized spacial score (nSPS) is 20.3. The Labute approximate surface area is 165 Å². The molecule has 1 unspecified atom stereocenters. The standard InChI is InChI=1S/C21H27N5O2/c27-20(16-24-12-3-4-13-24)25-14-2-1-6-19(25)21(28)23-17-7-9-18(10-8-17)26-15-5-11-22-26/h5,7-11,15,19H,1-4,6,12-14,16H2,(H,23,28). The van der Waals surface area contributed by atoms with Crippen LogP contribution >= 0.6 is 0 Å². The zero-order valence-corrected chi connectivity index (χ0v) is 16.1. The summed E-state index contributed by atoms with van der Waals surface area (Å²) in [7, 11) is 0. The lowest BCUT2D eigenvalue weighted by atomic mass is 10.0. The fourth-order valence-electron chi connectivity index (χ4n) is 4.07. The molecule has 3 heterocycles. The van der Waals surface area contributed by atoms with E-state index in [2.05, 4.69) is 15.3 Å². The topological polar surface area (TPSA) is 70.5 Å². The minimum absolute atomic E-state index is 0.0794. The molecule has 7 heteroatoms. The number of nitrogens with one attached hydrogen (secondary N) is 1. The van der Waals surface area contributed by atoms with Crippen LogP contribution in [-0.2, 0) is 9.59 Å². The maximum absolute atomic E-state index is 12.9. The number of benzene rings is 1. The zero-order chi connectivity index (χ0) is 19.3. The highest BCUT2D eigenvalue weighted by molar-refractivity contribution is 5.97. The van der Waals surface area contributed by atoms with Gasteiger partial charge in [0, 0.05) is 24.6 Å². The Bertz CT molecular complexity index is 797. The summed E-state index contributed by atoms with van der Waals surface area (Å²) in [6.07, 6.45) is 8.59. The van der Waals surface area contributed by atoms with E-state index in [4.69, 9.17) is 0 Å². The zero-order valence-electron chi connectivity index (χ0n) is 16.1.